The van der Waals surface area contributed by atoms with Crippen molar-refractivity contribution < 1.29 is 4.79 Å². The number of hydrogen-bond acceptors (Lipinski definition) is 3. The molecule has 1 heterocycles. The first-order valence-corrected chi connectivity index (χ1v) is 7.98. The van der Waals surface area contributed by atoms with E-state index in [-0.39, 0.29) is 11.9 Å². The van der Waals surface area contributed by atoms with Gasteiger partial charge in [-0.3, -0.25) is 9.69 Å². The van der Waals surface area contributed by atoms with Crippen LogP contribution in [0.25, 0.3) is 0 Å². The average molecular weight is 289 g/mol. The van der Waals surface area contributed by atoms with Gasteiger partial charge in [0, 0.05) is 12.2 Å². The summed E-state index contributed by atoms with van der Waals surface area (Å²) in [7, 11) is 0. The lowest BCUT2D eigenvalue weighted by Crippen LogP contribution is -2.46. The molecule has 1 aliphatic heterocycles. The van der Waals surface area contributed by atoms with Crippen LogP contribution in [0.4, 0.5) is 5.69 Å². The lowest BCUT2D eigenvalue weighted by atomic mass is 9.93. The first-order chi connectivity index (χ1) is 10.1. The summed E-state index contributed by atoms with van der Waals surface area (Å²) in [6, 6.07) is 7.66. The van der Waals surface area contributed by atoms with Crippen molar-refractivity contribution in [1.82, 2.24) is 4.90 Å². The summed E-state index contributed by atoms with van der Waals surface area (Å²) in [6.45, 7) is 6.78. The number of amides is 1. The summed E-state index contributed by atoms with van der Waals surface area (Å²) < 4.78 is 0. The van der Waals surface area contributed by atoms with E-state index in [2.05, 4.69) is 17.1 Å². The fourth-order valence-corrected chi connectivity index (χ4v) is 2.94. The standard InChI is InChI=1S/C17H27N3O/c1-3-14-7-9-20(10-8-14)13(2)17(21)19-16-6-4-5-15(11-16)12-18/h4-6,11,13-14H,3,7-10,12,18H2,1-2H3,(H,19,21). The zero-order valence-electron chi connectivity index (χ0n) is 13.1. The zero-order chi connectivity index (χ0) is 15.2. The topological polar surface area (TPSA) is 58.4 Å². The number of rotatable bonds is 5. The maximum absolute atomic E-state index is 12.4. The number of carbonyl (C=O) groups excluding carboxylic acids is 1. The molecule has 0 aliphatic carbocycles. The number of nitrogens with one attached hydrogen (secondary N) is 1. The van der Waals surface area contributed by atoms with Gasteiger partial charge in [0.1, 0.15) is 0 Å². The molecule has 116 valence electrons. The van der Waals surface area contributed by atoms with E-state index in [1.54, 1.807) is 0 Å². The third-order valence-electron chi connectivity index (χ3n) is 4.58. The second-order valence-electron chi connectivity index (χ2n) is 5.96. The molecule has 4 heteroatoms. The van der Waals surface area contributed by atoms with Crippen LogP contribution in [0.3, 0.4) is 0 Å². The van der Waals surface area contributed by atoms with E-state index >= 15 is 0 Å². The number of nitrogens with zero attached hydrogens (tertiary/aromatic N) is 1. The van der Waals surface area contributed by atoms with E-state index in [0.717, 1.165) is 30.3 Å². The molecule has 4 nitrogen and oxygen atoms in total. The second-order valence-corrected chi connectivity index (χ2v) is 5.96. The number of carbonyl (C=O) groups is 1. The Kier molecular flexibility index (Phi) is 5.76. The molecule has 1 aromatic rings. The van der Waals surface area contributed by atoms with Gasteiger partial charge in [-0.15, -0.1) is 0 Å². The van der Waals surface area contributed by atoms with Gasteiger partial charge in [0.25, 0.3) is 0 Å². The molecule has 1 aliphatic rings. The van der Waals surface area contributed by atoms with E-state index < -0.39 is 0 Å². The van der Waals surface area contributed by atoms with Crippen LogP contribution in [0.1, 0.15) is 38.7 Å². The van der Waals surface area contributed by atoms with Crippen molar-refractivity contribution >= 4 is 11.6 Å². The number of hydrogen-bond donors (Lipinski definition) is 2. The molecular weight excluding hydrogens is 262 g/mol. The van der Waals surface area contributed by atoms with Gasteiger partial charge in [-0.05, 0) is 56.5 Å². The van der Waals surface area contributed by atoms with Crippen molar-refractivity contribution in [2.24, 2.45) is 11.7 Å². The van der Waals surface area contributed by atoms with Crippen LogP contribution in [0.5, 0.6) is 0 Å². The molecular formula is C17H27N3O. The van der Waals surface area contributed by atoms with Crippen LogP contribution in [0, 0.1) is 5.92 Å². The van der Waals surface area contributed by atoms with E-state index in [9.17, 15) is 4.79 Å². The van der Waals surface area contributed by atoms with Gasteiger partial charge in [0.2, 0.25) is 5.91 Å². The minimum atomic E-state index is -0.0793. The quantitative estimate of drug-likeness (QED) is 0.876. The molecule has 2 rings (SSSR count). The van der Waals surface area contributed by atoms with Crippen LogP contribution in [-0.4, -0.2) is 29.9 Å². The summed E-state index contributed by atoms with van der Waals surface area (Å²) in [6.07, 6.45) is 3.66. The van der Waals surface area contributed by atoms with Crippen molar-refractivity contribution in [3.8, 4) is 0 Å². The monoisotopic (exact) mass is 289 g/mol. The highest BCUT2D eigenvalue weighted by Crippen LogP contribution is 2.22. The Morgan fingerprint density at radius 3 is 2.76 bits per heavy atom. The van der Waals surface area contributed by atoms with Crippen LogP contribution >= 0.6 is 0 Å². The van der Waals surface area contributed by atoms with Gasteiger partial charge >= 0.3 is 0 Å². The normalized spacial score (nSPS) is 18.4. The molecule has 1 atom stereocenters. The van der Waals surface area contributed by atoms with Crippen LogP contribution in [0.2, 0.25) is 0 Å². The molecule has 0 radical (unpaired) electrons. The number of benzene rings is 1. The highest BCUT2D eigenvalue weighted by atomic mass is 16.2. The third kappa shape index (κ3) is 4.29. The Bertz CT molecular complexity index is 467. The third-order valence-corrected chi connectivity index (χ3v) is 4.58. The zero-order valence-corrected chi connectivity index (χ0v) is 13.1. The predicted octanol–water partition coefficient (Wildman–Crippen LogP) is 2.59. The summed E-state index contributed by atoms with van der Waals surface area (Å²) in [5.74, 6) is 0.900. The summed E-state index contributed by atoms with van der Waals surface area (Å²) in [5.41, 5.74) is 7.49. The van der Waals surface area contributed by atoms with E-state index in [0.29, 0.717) is 6.54 Å². The number of likely N-dealkylation sites (tertiary alicyclic amines) is 1. The fourth-order valence-electron chi connectivity index (χ4n) is 2.94. The lowest BCUT2D eigenvalue weighted by Gasteiger charge is -2.35. The van der Waals surface area contributed by atoms with Gasteiger partial charge in [-0.1, -0.05) is 25.5 Å². The molecule has 1 amide bonds. The van der Waals surface area contributed by atoms with Crippen molar-refractivity contribution in [2.75, 3.05) is 18.4 Å². The van der Waals surface area contributed by atoms with Crippen molar-refractivity contribution in [1.29, 1.82) is 0 Å². The van der Waals surface area contributed by atoms with Gasteiger partial charge in [0.15, 0.2) is 0 Å². The van der Waals surface area contributed by atoms with Crippen LogP contribution in [0.15, 0.2) is 24.3 Å². The SMILES string of the molecule is CCC1CCN(C(C)C(=O)Nc2cccc(CN)c2)CC1. The van der Waals surface area contributed by atoms with Gasteiger partial charge in [-0.2, -0.15) is 0 Å². The Morgan fingerprint density at radius 1 is 1.43 bits per heavy atom. The first kappa shape index (κ1) is 16.0. The lowest BCUT2D eigenvalue weighted by molar-refractivity contribution is -0.121. The highest BCUT2D eigenvalue weighted by molar-refractivity contribution is 5.94. The van der Waals surface area contributed by atoms with E-state index in [1.807, 2.05) is 31.2 Å². The minimum Gasteiger partial charge on any atom is -0.326 e. The summed E-state index contributed by atoms with van der Waals surface area (Å²) in [4.78, 5) is 14.7. The average Bonchev–Trinajstić information content (AvgIpc) is 2.54. The number of anilines is 1. The second kappa shape index (κ2) is 7.57. The molecule has 1 saturated heterocycles. The number of piperidine rings is 1. The van der Waals surface area contributed by atoms with E-state index in [4.69, 9.17) is 5.73 Å². The van der Waals surface area contributed by atoms with Crippen LogP contribution < -0.4 is 11.1 Å². The molecule has 0 saturated carbocycles. The molecule has 0 spiro atoms. The van der Waals surface area contributed by atoms with E-state index in [1.165, 1.54) is 19.3 Å². The molecule has 1 fully saturated rings. The Hall–Kier alpha value is -1.39. The van der Waals surface area contributed by atoms with Gasteiger partial charge in [-0.25, -0.2) is 0 Å². The molecule has 1 aromatic carbocycles. The largest absolute Gasteiger partial charge is 0.326 e. The van der Waals surface area contributed by atoms with Crippen LogP contribution in [-0.2, 0) is 11.3 Å². The Morgan fingerprint density at radius 2 is 2.14 bits per heavy atom. The summed E-state index contributed by atoms with van der Waals surface area (Å²) in [5, 5.41) is 3.00. The van der Waals surface area contributed by atoms with Gasteiger partial charge in [0.05, 0.1) is 6.04 Å². The highest BCUT2D eigenvalue weighted by Gasteiger charge is 2.25. The van der Waals surface area contributed by atoms with Crippen molar-refractivity contribution in [3.63, 3.8) is 0 Å². The first-order valence-electron chi connectivity index (χ1n) is 7.98. The maximum atomic E-state index is 12.4. The van der Waals surface area contributed by atoms with Gasteiger partial charge < -0.3 is 11.1 Å². The van der Waals surface area contributed by atoms with Crippen molar-refractivity contribution in [2.45, 2.75) is 45.7 Å². The van der Waals surface area contributed by atoms with Crippen molar-refractivity contribution in [3.05, 3.63) is 29.8 Å². The maximum Gasteiger partial charge on any atom is 0.241 e. The minimum absolute atomic E-state index is 0.0686. The summed E-state index contributed by atoms with van der Waals surface area (Å²) >= 11 is 0. The molecule has 1 unspecified atom stereocenters. The Balaban J connectivity index is 1.90. The predicted molar refractivity (Wildman–Crippen MR) is 87.0 cm³/mol. The smallest absolute Gasteiger partial charge is 0.241 e. The number of nitrogens with two attached hydrogens (primary N) is 1. The molecule has 3 N–H and O–H groups in total. The fraction of sp³-hybridized carbons (Fsp3) is 0.588. The molecule has 0 aromatic heterocycles. The Labute approximate surface area is 127 Å². The molecule has 21 heavy (non-hydrogen) atoms. The molecule has 0 bridgehead atoms.